The molecule has 2 N–H and O–H groups in total. The van der Waals surface area contributed by atoms with Crippen LogP contribution in [0.4, 0.5) is 0 Å². The Balaban J connectivity index is 3.59. The molecule has 0 aromatic rings. The predicted octanol–water partition coefficient (Wildman–Crippen LogP) is 9.11. The van der Waals surface area contributed by atoms with Crippen LogP contribution in [0.3, 0.4) is 0 Å². The molecular weight excluding hydrogens is 540 g/mol. The van der Waals surface area contributed by atoms with Gasteiger partial charge < -0.3 is 19.7 Å². The zero-order valence-electron chi connectivity index (χ0n) is 27.7. The van der Waals surface area contributed by atoms with Crippen molar-refractivity contribution in [1.29, 1.82) is 0 Å². The summed E-state index contributed by atoms with van der Waals surface area (Å²) >= 11 is 0. The van der Waals surface area contributed by atoms with Crippen molar-refractivity contribution in [2.75, 3.05) is 13.2 Å². The Kier molecular flexibility index (Phi) is 29.7. The first kappa shape index (κ1) is 40.8. The fourth-order valence-corrected chi connectivity index (χ4v) is 4.40. The maximum Gasteiger partial charge on any atom is 0.305 e. The first-order valence-electron chi connectivity index (χ1n) is 17.1. The molecule has 0 spiro atoms. The number of unbranched alkanes of at least 4 members (excludes halogenated alkanes) is 9. The number of carbonyl (C=O) groups excluding carboxylic acids is 2. The predicted molar refractivity (Wildman–Crippen MR) is 179 cm³/mol. The van der Waals surface area contributed by atoms with Crippen LogP contribution < -0.4 is 0 Å². The number of esters is 2. The second-order valence-corrected chi connectivity index (χ2v) is 12.0. The number of aliphatic hydroxyl groups excluding tert-OH is 2. The zero-order chi connectivity index (χ0) is 31.8. The molecule has 0 radical (unpaired) electrons. The van der Waals surface area contributed by atoms with Crippen LogP contribution in [0.1, 0.15) is 143 Å². The van der Waals surface area contributed by atoms with Crippen molar-refractivity contribution in [2.24, 2.45) is 5.92 Å². The van der Waals surface area contributed by atoms with Crippen molar-refractivity contribution in [3.8, 4) is 0 Å². The van der Waals surface area contributed by atoms with Crippen LogP contribution in [0.2, 0.25) is 0 Å². The Hall–Kier alpha value is -2.18. The summed E-state index contributed by atoms with van der Waals surface area (Å²) in [5, 5.41) is 19.2. The van der Waals surface area contributed by atoms with Gasteiger partial charge >= 0.3 is 11.9 Å². The van der Waals surface area contributed by atoms with Crippen molar-refractivity contribution in [2.45, 2.75) is 155 Å². The number of hydrogen-bond acceptors (Lipinski definition) is 6. The van der Waals surface area contributed by atoms with Gasteiger partial charge in [0.15, 0.2) is 0 Å². The van der Waals surface area contributed by atoms with Gasteiger partial charge in [-0.2, -0.15) is 0 Å². The molecule has 0 unspecified atom stereocenters. The van der Waals surface area contributed by atoms with Gasteiger partial charge in [0.05, 0.1) is 6.10 Å². The third kappa shape index (κ3) is 34.2. The number of rotatable bonds is 29. The Bertz CT molecular complexity index is 765. The summed E-state index contributed by atoms with van der Waals surface area (Å²) in [4.78, 5) is 23.8. The molecule has 0 saturated carbocycles. The molecule has 2 atom stereocenters. The van der Waals surface area contributed by atoms with Gasteiger partial charge in [0.1, 0.15) is 19.3 Å². The minimum atomic E-state index is -0.993. The Labute approximate surface area is 263 Å². The van der Waals surface area contributed by atoms with Crippen LogP contribution in [0, 0.1) is 5.92 Å². The summed E-state index contributed by atoms with van der Waals surface area (Å²) in [6.45, 7) is 6.08. The van der Waals surface area contributed by atoms with Crippen LogP contribution in [-0.2, 0) is 19.1 Å². The van der Waals surface area contributed by atoms with Gasteiger partial charge in [-0.25, -0.2) is 0 Å². The van der Waals surface area contributed by atoms with Gasteiger partial charge in [-0.05, 0) is 70.6 Å². The van der Waals surface area contributed by atoms with Gasteiger partial charge in [0, 0.05) is 12.8 Å². The topological polar surface area (TPSA) is 93.1 Å². The maximum absolute atomic E-state index is 11.9. The van der Waals surface area contributed by atoms with Crippen molar-refractivity contribution in [3.05, 3.63) is 48.6 Å². The van der Waals surface area contributed by atoms with Crippen molar-refractivity contribution < 1.29 is 29.3 Å². The molecule has 0 aromatic carbocycles. The molecule has 0 bridgehead atoms. The molecule has 43 heavy (non-hydrogen) atoms. The van der Waals surface area contributed by atoms with E-state index in [1.165, 1.54) is 38.5 Å². The highest BCUT2D eigenvalue weighted by atomic mass is 16.6. The third-order valence-electron chi connectivity index (χ3n) is 7.01. The van der Waals surface area contributed by atoms with Gasteiger partial charge in [0.2, 0.25) is 0 Å². The van der Waals surface area contributed by atoms with E-state index in [-0.39, 0.29) is 31.3 Å². The standard InChI is InChI=1S/C37H64O6/c1-33(2)27-23-19-15-13-14-18-22-26-30-37(41)43-32-35(39)31-42-36(40)29-25-21-17-12-10-8-6-4-5-7-9-11-16-20-24-28-34(3)38/h5-8,11-12,16-17,33-35,38-39H,4,9-10,13-15,18-32H2,1-3H3/b7-5-,8-6-,16-11-,17-12-/t34-,35-/m1/s1. The highest BCUT2D eigenvalue weighted by Crippen LogP contribution is 2.13. The summed E-state index contributed by atoms with van der Waals surface area (Å²) in [7, 11) is 0. The molecule has 0 aliphatic heterocycles. The van der Waals surface area contributed by atoms with Gasteiger partial charge in [-0.3, -0.25) is 9.59 Å². The highest BCUT2D eigenvalue weighted by Gasteiger charge is 2.12. The van der Waals surface area contributed by atoms with E-state index >= 15 is 0 Å². The first-order valence-corrected chi connectivity index (χ1v) is 17.1. The van der Waals surface area contributed by atoms with Gasteiger partial charge in [-0.1, -0.05) is 114 Å². The molecule has 0 aliphatic carbocycles. The third-order valence-corrected chi connectivity index (χ3v) is 7.01. The maximum atomic E-state index is 11.9. The van der Waals surface area contributed by atoms with E-state index in [2.05, 4.69) is 62.5 Å². The van der Waals surface area contributed by atoms with Crippen LogP contribution in [-0.4, -0.2) is 47.6 Å². The second-order valence-electron chi connectivity index (χ2n) is 12.0. The summed E-state index contributed by atoms with van der Waals surface area (Å²) in [5.41, 5.74) is 0. The highest BCUT2D eigenvalue weighted by molar-refractivity contribution is 5.69. The second kappa shape index (κ2) is 31.3. The molecule has 6 heteroatoms. The number of allylic oxidation sites excluding steroid dienone is 8. The SMILES string of the molecule is CC(C)CCCCCCCCCCC(=O)OC[C@H](O)COC(=O)CCC/C=C\C/C=C\C/C=C\C/C=C\CCC[C@@H](C)O. The molecule has 0 aromatic heterocycles. The van der Waals surface area contributed by atoms with E-state index in [0.29, 0.717) is 19.3 Å². The van der Waals surface area contributed by atoms with E-state index < -0.39 is 6.10 Å². The number of aliphatic hydroxyl groups is 2. The van der Waals surface area contributed by atoms with E-state index in [1.54, 1.807) is 0 Å². The molecule has 0 aliphatic rings. The number of carbonyl (C=O) groups is 2. The Morgan fingerprint density at radius 1 is 0.535 bits per heavy atom. The fourth-order valence-electron chi connectivity index (χ4n) is 4.40. The minimum absolute atomic E-state index is 0.142. The average Bonchev–Trinajstić information content (AvgIpc) is 2.97. The Morgan fingerprint density at radius 2 is 0.953 bits per heavy atom. The van der Waals surface area contributed by atoms with Crippen molar-refractivity contribution >= 4 is 11.9 Å². The fraction of sp³-hybridized carbons (Fsp3) is 0.730. The van der Waals surface area contributed by atoms with Gasteiger partial charge in [0.25, 0.3) is 0 Å². The van der Waals surface area contributed by atoms with Crippen LogP contribution in [0.15, 0.2) is 48.6 Å². The lowest BCUT2D eigenvalue weighted by Gasteiger charge is -2.12. The van der Waals surface area contributed by atoms with E-state index in [9.17, 15) is 19.8 Å². The minimum Gasteiger partial charge on any atom is -0.463 e. The molecular formula is C37H64O6. The smallest absolute Gasteiger partial charge is 0.305 e. The van der Waals surface area contributed by atoms with Crippen molar-refractivity contribution in [1.82, 2.24) is 0 Å². The quantitative estimate of drug-likeness (QED) is 0.0502. The number of hydrogen-bond donors (Lipinski definition) is 2. The van der Waals surface area contributed by atoms with Crippen LogP contribution in [0.5, 0.6) is 0 Å². The zero-order valence-corrected chi connectivity index (χ0v) is 27.7. The average molecular weight is 605 g/mol. The molecule has 6 nitrogen and oxygen atoms in total. The lowest BCUT2D eigenvalue weighted by molar-refractivity contribution is -0.152. The Morgan fingerprint density at radius 3 is 1.44 bits per heavy atom. The van der Waals surface area contributed by atoms with Crippen LogP contribution >= 0.6 is 0 Å². The summed E-state index contributed by atoms with van der Waals surface area (Å²) < 4.78 is 10.2. The van der Waals surface area contributed by atoms with Gasteiger partial charge in [-0.15, -0.1) is 0 Å². The lowest BCUT2D eigenvalue weighted by Crippen LogP contribution is -2.25. The molecule has 248 valence electrons. The van der Waals surface area contributed by atoms with Crippen molar-refractivity contribution in [3.63, 3.8) is 0 Å². The molecule has 0 fully saturated rings. The van der Waals surface area contributed by atoms with E-state index in [1.807, 2.05) is 6.92 Å². The normalized spacial score (nSPS) is 13.6. The molecule has 0 saturated heterocycles. The van der Waals surface area contributed by atoms with Crippen LogP contribution in [0.25, 0.3) is 0 Å². The van der Waals surface area contributed by atoms with E-state index in [0.717, 1.165) is 70.1 Å². The largest absolute Gasteiger partial charge is 0.463 e. The molecule has 0 amide bonds. The molecule has 0 heterocycles. The summed E-state index contributed by atoms with van der Waals surface area (Å²) in [6, 6.07) is 0. The number of ether oxygens (including phenoxy) is 2. The lowest BCUT2D eigenvalue weighted by atomic mass is 10.0. The summed E-state index contributed by atoms with van der Waals surface area (Å²) in [5.74, 6) is 0.149. The first-order chi connectivity index (χ1) is 20.8. The molecule has 0 rings (SSSR count). The summed E-state index contributed by atoms with van der Waals surface area (Å²) in [6.07, 6.45) is 34.4. The monoisotopic (exact) mass is 604 g/mol. The van der Waals surface area contributed by atoms with E-state index in [4.69, 9.17) is 9.47 Å².